The lowest BCUT2D eigenvalue weighted by Crippen LogP contribution is -2.04. The average Bonchev–Trinajstić information content (AvgIpc) is 2.71. The fourth-order valence-electron chi connectivity index (χ4n) is 2.87. The zero-order valence-corrected chi connectivity index (χ0v) is 18.0. The first-order chi connectivity index (χ1) is 15.2. The SMILES string of the molecule is COc1cc([N+](=O)[O-])ccc1N=Nc1c(S(=O)(=O)O)cc2cc(S(=O)(=O)O)c(N)cc2c1O. The number of phenolic OH excluding ortho intramolecular Hbond substituents is 1. The van der Waals surface area contributed by atoms with Crippen molar-refractivity contribution in [2.75, 3.05) is 12.8 Å². The van der Waals surface area contributed by atoms with E-state index >= 15 is 0 Å². The number of methoxy groups -OCH3 is 1. The first kappa shape index (κ1) is 23.8. The van der Waals surface area contributed by atoms with Crippen LogP contribution in [-0.2, 0) is 20.2 Å². The summed E-state index contributed by atoms with van der Waals surface area (Å²) in [5.74, 6) is -0.929. The van der Waals surface area contributed by atoms with E-state index in [1.165, 1.54) is 7.11 Å². The molecule has 16 heteroatoms. The highest BCUT2D eigenvalue weighted by Gasteiger charge is 2.24. The first-order valence-electron chi connectivity index (χ1n) is 8.52. The van der Waals surface area contributed by atoms with Gasteiger partial charge in [0.05, 0.1) is 23.8 Å². The van der Waals surface area contributed by atoms with Gasteiger partial charge in [0, 0.05) is 11.5 Å². The lowest BCUT2D eigenvalue weighted by Gasteiger charge is -2.11. The van der Waals surface area contributed by atoms with Crippen molar-refractivity contribution in [3.63, 3.8) is 0 Å². The molecule has 3 aromatic carbocycles. The van der Waals surface area contributed by atoms with Gasteiger partial charge in [0.15, 0.2) is 11.5 Å². The van der Waals surface area contributed by atoms with E-state index in [-0.39, 0.29) is 27.9 Å². The Morgan fingerprint density at radius 1 is 1.00 bits per heavy atom. The standard InChI is InChI=1S/C17H14N4O10S2/c1-31-13-6-9(21(23)24)2-3-12(13)19-20-16-15(33(28,29)30)5-8-4-14(32(25,26)27)11(18)7-10(8)17(16)22/h2-7,22H,18H2,1H3,(H,25,26,27)(H,28,29,30). The second-order valence-electron chi connectivity index (χ2n) is 6.45. The quantitative estimate of drug-likeness (QED) is 0.127. The Morgan fingerprint density at radius 2 is 1.61 bits per heavy atom. The van der Waals surface area contributed by atoms with Crippen LogP contribution >= 0.6 is 0 Å². The minimum atomic E-state index is -5.02. The van der Waals surface area contributed by atoms with Crippen LogP contribution in [-0.4, -0.2) is 43.1 Å². The molecule has 5 N–H and O–H groups in total. The molecular formula is C17H14N4O10S2. The molecular weight excluding hydrogens is 484 g/mol. The van der Waals surface area contributed by atoms with Crippen molar-refractivity contribution in [1.82, 2.24) is 0 Å². The van der Waals surface area contributed by atoms with Crippen LogP contribution in [0.4, 0.5) is 22.7 Å². The molecule has 14 nitrogen and oxygen atoms in total. The van der Waals surface area contributed by atoms with Crippen LogP contribution in [0.15, 0.2) is 56.4 Å². The predicted molar refractivity (Wildman–Crippen MR) is 113 cm³/mol. The normalized spacial score (nSPS) is 12.3. The van der Waals surface area contributed by atoms with Crippen molar-refractivity contribution in [3.8, 4) is 11.5 Å². The van der Waals surface area contributed by atoms with Crippen molar-refractivity contribution in [2.45, 2.75) is 9.79 Å². The Kier molecular flexibility index (Phi) is 5.95. The molecule has 0 bridgehead atoms. The van der Waals surface area contributed by atoms with E-state index in [1.54, 1.807) is 0 Å². The van der Waals surface area contributed by atoms with Crippen LogP contribution in [0.2, 0.25) is 0 Å². The highest BCUT2D eigenvalue weighted by Crippen LogP contribution is 2.43. The van der Waals surface area contributed by atoms with Gasteiger partial charge in [0.1, 0.15) is 21.2 Å². The molecule has 0 aromatic heterocycles. The zero-order valence-electron chi connectivity index (χ0n) is 16.4. The van der Waals surface area contributed by atoms with E-state index in [1.807, 2.05) is 0 Å². The fourth-order valence-corrected chi connectivity index (χ4v) is 4.16. The number of hydrogen-bond acceptors (Lipinski definition) is 11. The molecule has 3 rings (SSSR count). The van der Waals surface area contributed by atoms with Gasteiger partial charge in [0.25, 0.3) is 25.9 Å². The number of hydrogen-bond donors (Lipinski definition) is 4. The molecule has 3 aromatic rings. The molecule has 0 fully saturated rings. The highest BCUT2D eigenvalue weighted by atomic mass is 32.2. The summed E-state index contributed by atoms with van der Waals surface area (Å²) in [7, 11) is -8.60. The number of nitrogen functional groups attached to an aromatic ring is 1. The topological polar surface area (TPSA) is 232 Å². The van der Waals surface area contributed by atoms with E-state index in [4.69, 9.17) is 10.5 Å². The van der Waals surface area contributed by atoms with Gasteiger partial charge in [0.2, 0.25) is 0 Å². The van der Waals surface area contributed by atoms with Crippen LogP contribution in [0.25, 0.3) is 10.8 Å². The number of nitrogens with two attached hydrogens (primary N) is 1. The lowest BCUT2D eigenvalue weighted by atomic mass is 10.1. The number of anilines is 1. The molecule has 0 heterocycles. The van der Waals surface area contributed by atoms with Crippen LogP contribution in [0.3, 0.4) is 0 Å². The molecule has 33 heavy (non-hydrogen) atoms. The Labute approximate surface area is 185 Å². The smallest absolute Gasteiger partial charge is 0.296 e. The zero-order chi connectivity index (χ0) is 24.7. The number of non-ortho nitro benzene ring substituents is 1. The third kappa shape index (κ3) is 4.67. The number of benzene rings is 3. The van der Waals surface area contributed by atoms with Gasteiger partial charge in [-0.3, -0.25) is 19.2 Å². The summed E-state index contributed by atoms with van der Waals surface area (Å²) in [6, 6.07) is 5.82. The summed E-state index contributed by atoms with van der Waals surface area (Å²) in [6.45, 7) is 0. The van der Waals surface area contributed by atoms with Gasteiger partial charge < -0.3 is 15.6 Å². The summed E-state index contributed by atoms with van der Waals surface area (Å²) in [5, 5.41) is 28.5. The number of nitrogens with zero attached hydrogens (tertiary/aromatic N) is 3. The summed E-state index contributed by atoms with van der Waals surface area (Å²) < 4.78 is 70.6. The van der Waals surface area contributed by atoms with Crippen molar-refractivity contribution in [3.05, 3.63) is 46.5 Å². The van der Waals surface area contributed by atoms with Gasteiger partial charge in [-0.2, -0.15) is 16.8 Å². The van der Waals surface area contributed by atoms with Gasteiger partial charge in [-0.15, -0.1) is 10.2 Å². The Morgan fingerprint density at radius 3 is 2.15 bits per heavy atom. The molecule has 174 valence electrons. The van der Waals surface area contributed by atoms with Crippen LogP contribution in [0.5, 0.6) is 11.5 Å². The molecule has 0 aliphatic heterocycles. The molecule has 0 aliphatic rings. The number of nitro groups is 1. The fraction of sp³-hybridized carbons (Fsp3) is 0.0588. The first-order valence-corrected chi connectivity index (χ1v) is 11.4. The van der Waals surface area contributed by atoms with Crippen LogP contribution in [0.1, 0.15) is 0 Å². The molecule has 0 amide bonds. The number of phenols is 1. The minimum Gasteiger partial charge on any atom is -0.505 e. The van der Waals surface area contributed by atoms with Gasteiger partial charge in [-0.1, -0.05) is 0 Å². The van der Waals surface area contributed by atoms with Gasteiger partial charge in [-0.05, 0) is 29.7 Å². The molecule has 0 radical (unpaired) electrons. The number of aromatic hydroxyl groups is 1. The second kappa shape index (κ2) is 8.24. The maximum atomic E-state index is 11.9. The number of rotatable bonds is 6. The molecule has 0 aliphatic carbocycles. The molecule has 0 saturated carbocycles. The van der Waals surface area contributed by atoms with E-state index in [0.29, 0.717) is 0 Å². The van der Waals surface area contributed by atoms with Crippen molar-refractivity contribution < 1.29 is 40.7 Å². The second-order valence-corrected chi connectivity index (χ2v) is 9.23. The number of fused-ring (bicyclic) bond motifs is 1. The van der Waals surface area contributed by atoms with Crippen molar-refractivity contribution in [1.29, 1.82) is 0 Å². The van der Waals surface area contributed by atoms with Gasteiger partial charge in [-0.25, -0.2) is 0 Å². The molecule has 0 saturated heterocycles. The third-order valence-electron chi connectivity index (χ3n) is 4.37. The number of ether oxygens (including phenoxy) is 1. The summed E-state index contributed by atoms with van der Waals surface area (Å²) in [6.07, 6.45) is 0. The number of azo groups is 1. The van der Waals surface area contributed by atoms with Crippen LogP contribution < -0.4 is 10.5 Å². The Bertz CT molecular complexity index is 1550. The summed E-state index contributed by atoms with van der Waals surface area (Å²) >= 11 is 0. The van der Waals surface area contributed by atoms with E-state index < -0.39 is 52.1 Å². The van der Waals surface area contributed by atoms with Crippen molar-refractivity contribution >= 4 is 53.8 Å². The molecule has 0 atom stereocenters. The molecule has 0 unspecified atom stereocenters. The summed E-state index contributed by atoms with van der Waals surface area (Å²) in [5.41, 5.74) is 4.03. The Hall–Kier alpha value is -3.86. The van der Waals surface area contributed by atoms with Crippen molar-refractivity contribution in [2.24, 2.45) is 10.2 Å². The monoisotopic (exact) mass is 498 g/mol. The molecule has 0 spiro atoms. The third-order valence-corrected chi connectivity index (χ3v) is 6.15. The van der Waals surface area contributed by atoms with E-state index in [0.717, 1.165) is 36.4 Å². The number of nitro benzene ring substituents is 1. The maximum absolute atomic E-state index is 11.9. The van der Waals surface area contributed by atoms with E-state index in [9.17, 15) is 41.2 Å². The van der Waals surface area contributed by atoms with E-state index in [2.05, 4.69) is 10.2 Å². The van der Waals surface area contributed by atoms with Crippen LogP contribution in [0, 0.1) is 10.1 Å². The lowest BCUT2D eigenvalue weighted by molar-refractivity contribution is -0.384. The maximum Gasteiger partial charge on any atom is 0.296 e. The Balaban J connectivity index is 2.28. The average molecular weight is 498 g/mol. The minimum absolute atomic E-state index is 0.0786. The summed E-state index contributed by atoms with van der Waals surface area (Å²) in [4.78, 5) is 8.53. The van der Waals surface area contributed by atoms with Gasteiger partial charge >= 0.3 is 0 Å². The predicted octanol–water partition coefficient (Wildman–Crippen LogP) is 2.95. The highest BCUT2D eigenvalue weighted by molar-refractivity contribution is 7.86. The largest absolute Gasteiger partial charge is 0.505 e.